The number of terminal acetylenes is 3. The van der Waals surface area contributed by atoms with Crippen molar-refractivity contribution in [1.82, 2.24) is 49.0 Å². The molecule has 3 saturated heterocycles. The van der Waals surface area contributed by atoms with Gasteiger partial charge >= 0.3 is 71.1 Å². The van der Waals surface area contributed by atoms with Gasteiger partial charge in [-0.05, 0) is 76.2 Å². The number of carbonyl (C=O) groups is 4. The summed E-state index contributed by atoms with van der Waals surface area (Å²) in [5.41, 5.74) is -12.3. The van der Waals surface area contributed by atoms with Crippen molar-refractivity contribution >= 4 is 65.2 Å². The van der Waals surface area contributed by atoms with E-state index >= 15 is 0 Å². The molecule has 4 aromatic carbocycles. The van der Waals surface area contributed by atoms with Gasteiger partial charge in [-0.25, -0.2) is 37.7 Å². The standard InChI is InChI=1S/C31H36N4O14P2.C21H24N3O10P.C11H12N2O6.C10H13ClNO4P.CH4/c1-6-31(40)26(49-51(42,34-21(3)28(38)44-5)48-23-15-11-8-12-16-23)24(46-29(31)35-18-17-25(36)32-30(35)39)19-45-50(41,33-20(2)27(37)43-4)47-22-13-9-7-10-14-22;1-4-21(29)17(26)15(33-19(21)24-11-10-16(25)22-20(24)28)12-32-35(30,23-13(2)18(27)31-3)34-14-8-6-5-7-9-14;1-2-11(18)8(16)6(5-14)19-9(11)13-4-3-7(15)12-10(13)17;1-8(10(13)15-2)12-17(11,14)16-9-6-4-3-5-7-9;/h1,7-18,20-21,24,26,29,40H,19H2,2-5H3,(H,33,41)(H,34,42)(H,32,36,39);1,5-11,13,15,17,19,26,29H,12H2,2-3H3,(H,23,30)(H,22,25,28);1,3-4,6,8-9,14,16,18H,5H2,(H,12,15,17);3-8H,1-2H3,(H,12,14);1H4/t20-,21-,24+,26+,29+,31-,50?,51?;13-,15+,17+,19+,21-,35?;6-,8-,9-,11+;8-,17?;/m0010./s1. The predicted octanol–water partition coefficient (Wildman–Crippen LogP) is 1.74. The summed E-state index contributed by atoms with van der Waals surface area (Å²) in [5, 5.41) is 72.3. The summed E-state index contributed by atoms with van der Waals surface area (Å²) in [6, 6.07) is 30.2. The topological polar surface area (TPSA) is 600 Å². The zero-order chi connectivity index (χ0) is 90.3. The second-order valence-electron chi connectivity index (χ2n) is 25.8. The summed E-state index contributed by atoms with van der Waals surface area (Å²) in [7, 11) is -9.07. The minimum atomic E-state index is -4.81. The largest absolute Gasteiger partial charge is 0.468 e. The number of hydrogen-bond donors (Lipinski definition) is 13. The summed E-state index contributed by atoms with van der Waals surface area (Å²) >= 11 is 5.68. The van der Waals surface area contributed by atoms with E-state index in [4.69, 9.17) is 91.0 Å². The number of H-pyrrole nitrogens is 3. The molecule has 44 nitrogen and oxygen atoms in total. The van der Waals surface area contributed by atoms with Gasteiger partial charge in [-0.15, -0.1) is 19.3 Å². The van der Waals surface area contributed by atoms with Crippen molar-refractivity contribution in [2.24, 2.45) is 0 Å². The Morgan fingerprint density at radius 3 is 1.05 bits per heavy atom. The summed E-state index contributed by atoms with van der Waals surface area (Å²) in [5.74, 6) is 3.62. The van der Waals surface area contributed by atoms with Gasteiger partial charge in [0.1, 0.15) is 83.8 Å². The lowest BCUT2D eigenvalue weighted by Crippen LogP contribution is -2.50. The highest BCUT2D eigenvalue weighted by Gasteiger charge is 2.62. The van der Waals surface area contributed by atoms with Crippen LogP contribution < -0.4 is 72.2 Å². The van der Waals surface area contributed by atoms with Crippen molar-refractivity contribution in [1.29, 1.82) is 0 Å². The smallest absolute Gasteiger partial charge is 0.459 e. The zero-order valence-corrected chi connectivity index (χ0v) is 69.8. The Balaban J connectivity index is 0.000000279. The molecule has 3 aromatic heterocycles. The molecule has 0 bridgehead atoms. The third-order valence-electron chi connectivity index (χ3n) is 17.2. The second kappa shape index (κ2) is 44.5. The van der Waals surface area contributed by atoms with Gasteiger partial charge in [0.15, 0.2) is 35.5 Å². The average Bonchev–Trinajstić information content (AvgIpc) is 1.61. The number of nitrogens with one attached hydrogen (secondary N) is 7. The van der Waals surface area contributed by atoms with Crippen molar-refractivity contribution < 1.29 is 133 Å². The first-order valence-electron chi connectivity index (χ1n) is 35.5. The predicted molar refractivity (Wildman–Crippen MR) is 433 cm³/mol. The maximum absolute atomic E-state index is 14.5. The lowest BCUT2D eigenvalue weighted by Gasteiger charge is -2.32. The van der Waals surface area contributed by atoms with E-state index in [0.29, 0.717) is 5.75 Å². The Morgan fingerprint density at radius 2 is 0.732 bits per heavy atom. The minimum absolute atomic E-state index is 0. The number of para-hydroxylation sites is 4. The molecular formula is C74H89ClN10O34P4. The van der Waals surface area contributed by atoms with Crippen LogP contribution in [0.4, 0.5) is 0 Å². The van der Waals surface area contributed by atoms with Gasteiger partial charge in [-0.2, -0.15) is 15.3 Å². The highest BCUT2D eigenvalue weighted by atomic mass is 35.7. The van der Waals surface area contributed by atoms with Crippen LogP contribution in [0.15, 0.2) is 187 Å². The Hall–Kier alpha value is -10.8. The molecule has 0 spiro atoms. The molecule has 7 aromatic rings. The second-order valence-corrected chi connectivity index (χ2v) is 33.6. The van der Waals surface area contributed by atoms with E-state index in [1.165, 1.54) is 71.2 Å². The lowest BCUT2D eigenvalue weighted by atomic mass is 9.95. The lowest BCUT2D eigenvalue weighted by molar-refractivity contribution is -0.143. The molecule has 3 aliphatic rings. The molecule has 0 aliphatic carbocycles. The number of rotatable bonds is 32. The maximum atomic E-state index is 14.5. The van der Waals surface area contributed by atoms with E-state index in [1.807, 2.05) is 26.8 Å². The number of carbonyl (C=O) groups excluding carboxylic acids is 4. The first-order valence-corrected chi connectivity index (χ1v) is 42.7. The van der Waals surface area contributed by atoms with Crippen LogP contribution in [0.1, 0.15) is 53.8 Å². The number of esters is 4. The number of ether oxygens (including phenoxy) is 7. The third kappa shape index (κ3) is 26.4. The van der Waals surface area contributed by atoms with Crippen molar-refractivity contribution in [2.45, 2.75) is 131 Å². The summed E-state index contributed by atoms with van der Waals surface area (Å²) in [6.45, 7) is -0.216. The van der Waals surface area contributed by atoms with Crippen LogP contribution in [0, 0.1) is 37.0 Å². The van der Waals surface area contributed by atoms with E-state index < -0.39 is 204 Å². The van der Waals surface area contributed by atoms with Crippen molar-refractivity contribution in [3.8, 4) is 60.0 Å². The summed E-state index contributed by atoms with van der Waals surface area (Å²) in [4.78, 5) is 124. The molecule has 3 aliphatic heterocycles. The molecule has 10 rings (SSSR count). The monoisotopic (exact) mass is 1820 g/mol. The zero-order valence-electron chi connectivity index (χ0n) is 65.5. The molecule has 49 heteroatoms. The van der Waals surface area contributed by atoms with Crippen molar-refractivity contribution in [3.05, 3.63) is 221 Å². The highest BCUT2D eigenvalue weighted by molar-refractivity contribution is 7.84. The molecule has 0 radical (unpaired) electrons. The third-order valence-corrected chi connectivity index (χ3v) is 23.8. The van der Waals surface area contributed by atoms with Crippen LogP contribution in [0.2, 0.25) is 0 Å². The number of aromatic amines is 3. The van der Waals surface area contributed by atoms with E-state index in [-0.39, 0.29) is 24.7 Å². The van der Waals surface area contributed by atoms with Gasteiger partial charge in [-0.1, -0.05) is 98.0 Å². The number of aliphatic hydroxyl groups excluding tert-OH is 3. The van der Waals surface area contributed by atoms with Crippen LogP contribution in [0.5, 0.6) is 23.0 Å². The molecule has 4 unspecified atom stereocenters. The van der Waals surface area contributed by atoms with Crippen LogP contribution in [0.3, 0.4) is 0 Å². The van der Waals surface area contributed by atoms with Crippen molar-refractivity contribution in [3.63, 3.8) is 0 Å². The van der Waals surface area contributed by atoms with Gasteiger partial charge in [0, 0.05) is 48.0 Å². The van der Waals surface area contributed by atoms with E-state index in [1.54, 1.807) is 84.9 Å². The number of aromatic nitrogens is 6. The first kappa shape index (κ1) is 101. The molecule has 666 valence electrons. The van der Waals surface area contributed by atoms with Crippen molar-refractivity contribution in [2.75, 3.05) is 48.3 Å². The molecule has 123 heavy (non-hydrogen) atoms. The van der Waals surface area contributed by atoms with Gasteiger partial charge in [-0.3, -0.25) is 75.8 Å². The first-order chi connectivity index (χ1) is 57.6. The van der Waals surface area contributed by atoms with Gasteiger partial charge in [0.2, 0.25) is 0 Å². The summed E-state index contributed by atoms with van der Waals surface area (Å²) in [6.07, 6.45) is 5.08. The number of nitrogens with zero attached hydrogens (tertiary/aromatic N) is 3. The minimum Gasteiger partial charge on any atom is -0.468 e. The quantitative estimate of drug-likeness (QED) is 0.0124. The van der Waals surface area contributed by atoms with E-state index in [9.17, 15) is 91.7 Å². The maximum Gasteiger partial charge on any atom is 0.459 e. The molecular weight excluding hydrogens is 1730 g/mol. The highest BCUT2D eigenvalue weighted by Crippen LogP contribution is 2.54. The number of hydrogen-bond acceptors (Lipinski definition) is 34. The average molecular weight is 1820 g/mol. The van der Waals surface area contributed by atoms with Crippen LogP contribution in [-0.2, 0) is 84.2 Å². The number of halogens is 1. The number of benzene rings is 4. The van der Waals surface area contributed by atoms with Gasteiger partial charge in [0.25, 0.3) is 16.7 Å². The van der Waals surface area contributed by atoms with E-state index in [2.05, 4.69) is 35.7 Å². The molecule has 0 saturated carbocycles. The number of methoxy groups -OCH3 is 4. The Bertz CT molecular complexity index is 5480. The fourth-order valence-electron chi connectivity index (χ4n) is 11.1. The SMILES string of the molecule is C.C#C[C@]1(O)[C@H](O)[C@@H](CO)O[C@H]1n1ccc(=O)[nH]c1=O.C#C[C@]1(O)[C@H](O)[C@@H](COP(=O)(N[C@@H](C)C(=O)OC)Oc2ccccc2)O[C@H]1n1ccc(=O)[nH]c1=O.C#C[C@]1(O)[C@H](OP(=O)(N[C@@H](C)C(=O)OC)Oc2ccccc2)[C@@H](COP(=O)(N[C@@H](C)C(=O)OC)Oc2ccccc2)O[C@H]1n1ccc(=O)[nH]c1=O.COC(=O)[C@H](C)NP(=O)(Cl)Oc1ccccc1. The Kier molecular flexibility index (Phi) is 36.6. The van der Waals surface area contributed by atoms with Gasteiger partial charge in [0.05, 0.1) is 48.3 Å². The van der Waals surface area contributed by atoms with E-state index in [0.717, 1.165) is 71.8 Å². The Morgan fingerprint density at radius 1 is 0.455 bits per heavy atom. The molecule has 0 amide bonds. The molecule has 6 heterocycles. The fraction of sp³-hybridized carbons (Fsp3) is 0.378. The molecule has 20 atom stereocenters. The van der Waals surface area contributed by atoms with Crippen LogP contribution in [-0.4, -0.2) is 209 Å². The van der Waals surface area contributed by atoms with Gasteiger partial charge < -0.3 is 81.9 Å². The number of aliphatic hydroxyl groups is 6. The Labute approximate surface area is 704 Å². The summed E-state index contributed by atoms with van der Waals surface area (Å²) < 4.78 is 130. The fourth-order valence-corrected chi connectivity index (χ4v) is 17.5. The normalized spacial score (nSPS) is 24.6. The van der Waals surface area contributed by atoms with Crippen LogP contribution >= 0.6 is 41.4 Å². The molecule has 3 fully saturated rings. The van der Waals surface area contributed by atoms with Crippen LogP contribution in [0.25, 0.3) is 0 Å². The molecule has 13 N–H and O–H groups in total.